The smallest absolute Gasteiger partial charge is 0.133 e. The van der Waals surface area contributed by atoms with Gasteiger partial charge in [0.1, 0.15) is 15.4 Å². The van der Waals surface area contributed by atoms with Crippen molar-refractivity contribution in [3.05, 3.63) is 0 Å². The van der Waals surface area contributed by atoms with Gasteiger partial charge in [-0.1, -0.05) is 6.66 Å². The van der Waals surface area contributed by atoms with Gasteiger partial charge in [-0.05, 0) is 5.30 Å². The Morgan fingerprint density at radius 1 is 1.83 bits per heavy atom. The highest BCUT2D eigenvalue weighted by atomic mass is 31.2. The van der Waals surface area contributed by atoms with Crippen molar-refractivity contribution in [3.63, 3.8) is 0 Å². The molecule has 0 amide bonds. The molecule has 0 aliphatic heterocycles. The van der Waals surface area contributed by atoms with E-state index in [-0.39, 0.29) is 0 Å². The summed E-state index contributed by atoms with van der Waals surface area (Å²) in [4.78, 5) is 0. The zero-order valence-corrected chi connectivity index (χ0v) is 6.65. The van der Waals surface area contributed by atoms with Crippen LogP contribution in [0.5, 0.6) is 0 Å². The summed E-state index contributed by atoms with van der Waals surface area (Å²) < 4.78 is 0. The lowest BCUT2D eigenvalue weighted by molar-refractivity contribution is 1.97. The standard InChI is InChI=1S/C2H10B2P2/c1-6(4)2(3)5/h2H,3-5H2,1H3. The van der Waals surface area contributed by atoms with Crippen LogP contribution < -0.4 is 0 Å². The first kappa shape index (κ1) is 6.99. The second-order valence-corrected chi connectivity index (χ2v) is 6.01. The average molecular weight is 118 g/mol. The predicted molar refractivity (Wildman–Crippen MR) is 43.4 cm³/mol. The highest BCUT2D eigenvalue weighted by Crippen LogP contribution is 2.32. The van der Waals surface area contributed by atoms with Gasteiger partial charge in [0.05, 0.1) is 0 Å². The molecule has 0 saturated carbocycles. The van der Waals surface area contributed by atoms with Crippen molar-refractivity contribution in [1.82, 2.24) is 0 Å². The highest BCUT2D eigenvalue weighted by molar-refractivity contribution is 7.87. The third-order valence-electron chi connectivity index (χ3n) is 0.815. The molecule has 4 heteroatoms. The largest absolute Gasteiger partial charge is 0.154 e. The van der Waals surface area contributed by atoms with Crippen LogP contribution >= 0.6 is 17.0 Å². The summed E-state index contributed by atoms with van der Waals surface area (Å²) >= 11 is 0. The average Bonchev–Trinajstić information content (AvgIpc) is 1.36. The van der Waals surface area contributed by atoms with Crippen molar-refractivity contribution < 1.29 is 0 Å². The van der Waals surface area contributed by atoms with Crippen LogP contribution in [-0.2, 0) is 0 Å². The van der Waals surface area contributed by atoms with Gasteiger partial charge < -0.3 is 0 Å². The minimum absolute atomic E-state index is 0.303. The van der Waals surface area contributed by atoms with Crippen molar-refractivity contribution >= 4 is 32.5 Å². The molecule has 0 bridgehead atoms. The Morgan fingerprint density at radius 2 is 2.00 bits per heavy atom. The Labute approximate surface area is 45.2 Å². The van der Waals surface area contributed by atoms with Crippen molar-refractivity contribution in [2.24, 2.45) is 0 Å². The first-order valence-corrected chi connectivity index (χ1v) is 5.04. The molecule has 3 unspecified atom stereocenters. The molecule has 0 spiro atoms. The molecule has 0 fully saturated rings. The fourth-order valence-electron chi connectivity index (χ4n) is 0. The van der Waals surface area contributed by atoms with Crippen LogP contribution in [-0.4, -0.2) is 27.4 Å². The first-order chi connectivity index (χ1) is 2.64. The van der Waals surface area contributed by atoms with Gasteiger partial charge in [0, 0.05) is 0 Å². The summed E-state index contributed by atoms with van der Waals surface area (Å²) in [6.45, 7) is 2.28. The molecular formula is C2H10B2P2. The maximum atomic E-state index is 2.80. The summed E-state index contributed by atoms with van der Waals surface area (Å²) in [5.74, 6) is 0. The third kappa shape index (κ3) is 3.19. The summed E-state index contributed by atoms with van der Waals surface area (Å²) in [6, 6.07) is 0. The predicted octanol–water partition coefficient (Wildman–Crippen LogP) is -0.562. The molecule has 0 N–H and O–H groups in total. The van der Waals surface area contributed by atoms with E-state index in [1.807, 2.05) is 0 Å². The van der Waals surface area contributed by atoms with Crippen molar-refractivity contribution in [2.45, 2.75) is 5.30 Å². The van der Waals surface area contributed by atoms with Gasteiger partial charge in [0.2, 0.25) is 0 Å². The van der Waals surface area contributed by atoms with E-state index in [4.69, 9.17) is 0 Å². The van der Waals surface area contributed by atoms with E-state index in [0.717, 1.165) is 5.30 Å². The van der Waals surface area contributed by atoms with E-state index in [1.54, 1.807) is 0 Å². The van der Waals surface area contributed by atoms with Gasteiger partial charge in [-0.2, -0.15) is 7.80 Å². The van der Waals surface area contributed by atoms with Crippen LogP contribution in [0.25, 0.3) is 0 Å². The van der Waals surface area contributed by atoms with Crippen LogP contribution in [0.15, 0.2) is 0 Å². The topological polar surface area (TPSA) is 0 Å². The molecule has 0 rings (SSSR count). The normalized spacial score (nSPS) is 19.7. The Bertz CT molecular complexity index is 30.5. The van der Waals surface area contributed by atoms with Gasteiger partial charge >= 0.3 is 0 Å². The summed E-state index contributed by atoms with van der Waals surface area (Å²) in [7, 11) is 7.62. The van der Waals surface area contributed by atoms with Gasteiger partial charge in [-0.15, -0.1) is 9.24 Å². The molecule has 0 aliphatic carbocycles. The molecule has 0 nitrogen and oxygen atoms in total. The Balaban J connectivity index is 2.99. The molecule has 0 aromatic carbocycles. The molecule has 0 radical (unpaired) electrons. The fourth-order valence-corrected chi connectivity index (χ4v) is 0. The van der Waals surface area contributed by atoms with Crippen LogP contribution in [0.3, 0.4) is 0 Å². The lowest BCUT2D eigenvalue weighted by Gasteiger charge is -2.06. The van der Waals surface area contributed by atoms with Crippen LogP contribution in [0.1, 0.15) is 0 Å². The minimum atomic E-state index is 0.303. The van der Waals surface area contributed by atoms with Crippen molar-refractivity contribution in [2.75, 3.05) is 6.66 Å². The highest BCUT2D eigenvalue weighted by Gasteiger charge is 1.95. The van der Waals surface area contributed by atoms with E-state index in [1.165, 1.54) is 0 Å². The van der Waals surface area contributed by atoms with E-state index in [9.17, 15) is 0 Å². The van der Waals surface area contributed by atoms with Gasteiger partial charge in [0.15, 0.2) is 0 Å². The quantitative estimate of drug-likeness (QED) is 0.319. The molecule has 3 atom stereocenters. The van der Waals surface area contributed by atoms with Crippen LogP contribution in [0.4, 0.5) is 0 Å². The van der Waals surface area contributed by atoms with E-state index >= 15 is 0 Å². The molecule has 0 aromatic heterocycles. The Hall–Kier alpha value is 0.990. The monoisotopic (exact) mass is 118 g/mol. The van der Waals surface area contributed by atoms with Gasteiger partial charge in [-0.25, -0.2) is 0 Å². The number of rotatable bonds is 1. The SMILES string of the molecule is BC(P)P(B)C. The van der Waals surface area contributed by atoms with Gasteiger partial charge in [-0.3, -0.25) is 0 Å². The Kier molecular flexibility index (Phi) is 3.56. The lowest BCUT2D eigenvalue weighted by Crippen LogP contribution is -1.89. The third-order valence-corrected chi connectivity index (χ3v) is 4.23. The lowest BCUT2D eigenvalue weighted by atomic mass is 10.2. The zero-order valence-electron chi connectivity index (χ0n) is 4.60. The zero-order chi connectivity index (χ0) is 5.15. The molecule has 0 heterocycles. The molecule has 0 aromatic rings. The molecule has 34 valence electrons. The number of hydrogen-bond donors (Lipinski definition) is 0. The maximum absolute atomic E-state index is 2.80. The maximum Gasteiger partial charge on any atom is 0.133 e. The fraction of sp³-hybridized carbons (Fsp3) is 1.00. The Morgan fingerprint density at radius 3 is 2.00 bits per heavy atom. The minimum Gasteiger partial charge on any atom is -0.154 e. The number of hydrogen-bond acceptors (Lipinski definition) is 0. The van der Waals surface area contributed by atoms with E-state index < -0.39 is 0 Å². The second-order valence-electron chi connectivity index (χ2n) is 1.70. The molecule has 6 heavy (non-hydrogen) atoms. The summed E-state index contributed by atoms with van der Waals surface area (Å²) in [5.41, 5.74) is 0. The van der Waals surface area contributed by atoms with Gasteiger partial charge in [0.25, 0.3) is 0 Å². The van der Waals surface area contributed by atoms with Crippen LogP contribution in [0.2, 0.25) is 0 Å². The van der Waals surface area contributed by atoms with Crippen molar-refractivity contribution in [3.8, 4) is 0 Å². The second kappa shape index (κ2) is 3.05. The summed E-state index contributed by atoms with van der Waals surface area (Å²) in [5, 5.41) is 0.833. The van der Waals surface area contributed by atoms with Crippen molar-refractivity contribution in [1.29, 1.82) is 0 Å². The summed E-state index contributed by atoms with van der Waals surface area (Å²) in [6.07, 6.45) is 0. The molecular weight excluding hydrogens is 108 g/mol. The molecule has 0 aliphatic rings. The van der Waals surface area contributed by atoms with E-state index in [0.29, 0.717) is 7.80 Å². The first-order valence-electron chi connectivity index (χ1n) is 2.06. The van der Waals surface area contributed by atoms with E-state index in [2.05, 4.69) is 31.3 Å². The van der Waals surface area contributed by atoms with Crippen LogP contribution in [0, 0.1) is 0 Å². The molecule has 0 saturated heterocycles.